The molecule has 1 aromatic carbocycles. The van der Waals surface area contributed by atoms with E-state index in [9.17, 15) is 9.59 Å². The SMILES string of the molecule is Cc1ccc(C(=O)C(=O)Nc2ccccn2)cc1. The second-order valence-electron chi connectivity index (χ2n) is 3.86. The van der Waals surface area contributed by atoms with Crippen molar-refractivity contribution < 1.29 is 9.59 Å². The van der Waals surface area contributed by atoms with Crippen LogP contribution in [0.25, 0.3) is 0 Å². The van der Waals surface area contributed by atoms with Crippen molar-refractivity contribution in [3.63, 3.8) is 0 Å². The first-order valence-corrected chi connectivity index (χ1v) is 5.50. The summed E-state index contributed by atoms with van der Waals surface area (Å²) in [5, 5.41) is 2.46. The number of benzene rings is 1. The molecule has 0 saturated heterocycles. The van der Waals surface area contributed by atoms with Gasteiger partial charge in [-0.1, -0.05) is 35.9 Å². The number of amides is 1. The van der Waals surface area contributed by atoms with Gasteiger partial charge in [0.1, 0.15) is 5.82 Å². The largest absolute Gasteiger partial charge is 0.304 e. The molecule has 0 fully saturated rings. The van der Waals surface area contributed by atoms with Gasteiger partial charge in [-0.2, -0.15) is 0 Å². The van der Waals surface area contributed by atoms with Crippen molar-refractivity contribution in [1.29, 1.82) is 0 Å². The van der Waals surface area contributed by atoms with Gasteiger partial charge in [-0.25, -0.2) is 4.98 Å². The van der Waals surface area contributed by atoms with E-state index in [1.807, 2.05) is 6.92 Å². The summed E-state index contributed by atoms with van der Waals surface area (Å²) in [6, 6.07) is 11.9. The standard InChI is InChI=1S/C14H12N2O2/c1-10-5-7-11(8-6-10)13(17)14(18)16-12-4-2-3-9-15-12/h2-9H,1H3,(H,15,16,18). The molecule has 0 unspecified atom stereocenters. The van der Waals surface area contributed by atoms with Crippen LogP contribution < -0.4 is 5.32 Å². The third-order valence-corrected chi connectivity index (χ3v) is 2.43. The number of anilines is 1. The molecular weight excluding hydrogens is 228 g/mol. The number of Topliss-reactive ketones (excluding diaryl/α,β-unsaturated/α-hetero) is 1. The zero-order valence-electron chi connectivity index (χ0n) is 9.88. The molecule has 0 aliphatic rings. The molecule has 1 heterocycles. The number of pyridine rings is 1. The van der Waals surface area contributed by atoms with Gasteiger partial charge >= 0.3 is 0 Å². The van der Waals surface area contributed by atoms with E-state index in [2.05, 4.69) is 10.3 Å². The van der Waals surface area contributed by atoms with Crippen LogP contribution in [-0.2, 0) is 4.79 Å². The molecule has 1 aromatic heterocycles. The Balaban J connectivity index is 2.10. The molecule has 4 heteroatoms. The number of aryl methyl sites for hydroxylation is 1. The summed E-state index contributed by atoms with van der Waals surface area (Å²) in [4.78, 5) is 27.4. The number of nitrogens with one attached hydrogen (secondary N) is 1. The molecule has 0 radical (unpaired) electrons. The van der Waals surface area contributed by atoms with Crippen LogP contribution in [0.5, 0.6) is 0 Å². The predicted octanol–water partition coefficient (Wildman–Crippen LogP) is 2.21. The van der Waals surface area contributed by atoms with Crippen LogP contribution in [0.4, 0.5) is 5.82 Å². The van der Waals surface area contributed by atoms with Gasteiger partial charge in [0.2, 0.25) is 0 Å². The van der Waals surface area contributed by atoms with E-state index in [1.165, 1.54) is 0 Å². The third kappa shape index (κ3) is 2.79. The van der Waals surface area contributed by atoms with Crippen LogP contribution in [0.15, 0.2) is 48.7 Å². The Hall–Kier alpha value is -2.49. The Morgan fingerprint density at radius 3 is 2.39 bits per heavy atom. The van der Waals surface area contributed by atoms with Crippen LogP contribution in [-0.4, -0.2) is 16.7 Å². The minimum absolute atomic E-state index is 0.364. The Morgan fingerprint density at radius 2 is 1.78 bits per heavy atom. The summed E-state index contributed by atoms with van der Waals surface area (Å²) >= 11 is 0. The average molecular weight is 240 g/mol. The summed E-state index contributed by atoms with van der Waals surface area (Å²) in [6.07, 6.45) is 1.55. The summed E-state index contributed by atoms with van der Waals surface area (Å²) in [5.41, 5.74) is 1.41. The van der Waals surface area contributed by atoms with Crippen LogP contribution >= 0.6 is 0 Å². The molecule has 0 aliphatic heterocycles. The molecule has 0 atom stereocenters. The van der Waals surface area contributed by atoms with Crippen molar-refractivity contribution in [3.8, 4) is 0 Å². The lowest BCUT2D eigenvalue weighted by Gasteiger charge is -2.03. The highest BCUT2D eigenvalue weighted by Crippen LogP contribution is 2.06. The lowest BCUT2D eigenvalue weighted by molar-refractivity contribution is -0.112. The fourth-order valence-electron chi connectivity index (χ4n) is 1.45. The van der Waals surface area contributed by atoms with Gasteiger partial charge in [-0.05, 0) is 19.1 Å². The fraction of sp³-hybridized carbons (Fsp3) is 0.0714. The Kier molecular flexibility index (Phi) is 3.48. The molecule has 2 aromatic rings. The minimum atomic E-state index is -0.683. The molecule has 0 saturated carbocycles. The number of rotatable bonds is 3. The molecule has 18 heavy (non-hydrogen) atoms. The number of hydrogen-bond acceptors (Lipinski definition) is 3. The zero-order valence-corrected chi connectivity index (χ0v) is 9.88. The normalized spacial score (nSPS) is 9.83. The van der Waals surface area contributed by atoms with E-state index < -0.39 is 11.7 Å². The van der Waals surface area contributed by atoms with Crippen molar-refractivity contribution in [2.45, 2.75) is 6.92 Å². The van der Waals surface area contributed by atoms with Gasteiger partial charge in [0.25, 0.3) is 11.7 Å². The van der Waals surface area contributed by atoms with Gasteiger partial charge in [-0.3, -0.25) is 9.59 Å². The third-order valence-electron chi connectivity index (χ3n) is 2.43. The number of carbonyl (C=O) groups is 2. The Morgan fingerprint density at radius 1 is 1.06 bits per heavy atom. The fourth-order valence-corrected chi connectivity index (χ4v) is 1.45. The zero-order chi connectivity index (χ0) is 13.0. The molecule has 0 bridgehead atoms. The van der Waals surface area contributed by atoms with E-state index >= 15 is 0 Å². The number of nitrogens with zero attached hydrogens (tertiary/aromatic N) is 1. The first-order chi connectivity index (χ1) is 8.66. The van der Waals surface area contributed by atoms with Gasteiger partial charge < -0.3 is 5.32 Å². The molecule has 90 valence electrons. The van der Waals surface area contributed by atoms with Gasteiger partial charge in [-0.15, -0.1) is 0 Å². The van der Waals surface area contributed by atoms with Crippen molar-refractivity contribution in [2.24, 2.45) is 0 Å². The average Bonchev–Trinajstić information content (AvgIpc) is 2.40. The highest BCUT2D eigenvalue weighted by molar-refractivity contribution is 6.46. The lowest BCUT2D eigenvalue weighted by atomic mass is 10.1. The maximum absolute atomic E-state index is 11.8. The number of ketones is 1. The maximum Gasteiger partial charge on any atom is 0.297 e. The molecule has 0 spiro atoms. The van der Waals surface area contributed by atoms with E-state index in [4.69, 9.17) is 0 Å². The first kappa shape index (κ1) is 12.0. The van der Waals surface area contributed by atoms with Gasteiger partial charge in [0.15, 0.2) is 0 Å². The summed E-state index contributed by atoms with van der Waals surface area (Å²) < 4.78 is 0. The predicted molar refractivity (Wildman–Crippen MR) is 68.4 cm³/mol. The second-order valence-corrected chi connectivity index (χ2v) is 3.86. The summed E-state index contributed by atoms with van der Waals surface area (Å²) in [7, 11) is 0. The van der Waals surface area contributed by atoms with Crippen molar-refractivity contribution in [3.05, 3.63) is 59.8 Å². The first-order valence-electron chi connectivity index (χ1n) is 5.50. The molecule has 0 aliphatic carbocycles. The van der Waals surface area contributed by atoms with E-state index in [0.29, 0.717) is 11.4 Å². The minimum Gasteiger partial charge on any atom is -0.304 e. The van der Waals surface area contributed by atoms with Crippen LogP contribution in [0, 0.1) is 6.92 Å². The van der Waals surface area contributed by atoms with Crippen LogP contribution in [0.2, 0.25) is 0 Å². The highest BCUT2D eigenvalue weighted by Gasteiger charge is 2.16. The number of aromatic nitrogens is 1. The van der Waals surface area contributed by atoms with E-state index in [-0.39, 0.29) is 0 Å². The smallest absolute Gasteiger partial charge is 0.297 e. The monoisotopic (exact) mass is 240 g/mol. The summed E-state index contributed by atoms with van der Waals surface area (Å²) in [5.74, 6) is -0.888. The second kappa shape index (κ2) is 5.23. The van der Waals surface area contributed by atoms with Crippen molar-refractivity contribution >= 4 is 17.5 Å². The number of hydrogen-bond donors (Lipinski definition) is 1. The van der Waals surface area contributed by atoms with Crippen molar-refractivity contribution in [2.75, 3.05) is 5.32 Å². The summed E-state index contributed by atoms with van der Waals surface area (Å²) in [6.45, 7) is 1.92. The van der Waals surface area contributed by atoms with Crippen LogP contribution in [0.3, 0.4) is 0 Å². The van der Waals surface area contributed by atoms with Crippen LogP contribution in [0.1, 0.15) is 15.9 Å². The molecule has 1 amide bonds. The Labute approximate surface area is 105 Å². The van der Waals surface area contributed by atoms with E-state index in [0.717, 1.165) is 5.56 Å². The lowest BCUT2D eigenvalue weighted by Crippen LogP contribution is -2.23. The van der Waals surface area contributed by atoms with Crippen molar-refractivity contribution in [1.82, 2.24) is 4.98 Å². The van der Waals surface area contributed by atoms with Gasteiger partial charge in [0.05, 0.1) is 0 Å². The molecule has 1 N–H and O–H groups in total. The topological polar surface area (TPSA) is 59.1 Å². The number of carbonyl (C=O) groups excluding carboxylic acids is 2. The molecule has 2 rings (SSSR count). The highest BCUT2D eigenvalue weighted by atomic mass is 16.2. The Bertz CT molecular complexity index is 562. The quantitative estimate of drug-likeness (QED) is 0.661. The molecule has 4 nitrogen and oxygen atoms in total. The van der Waals surface area contributed by atoms with Gasteiger partial charge in [0, 0.05) is 11.8 Å². The molecular formula is C14H12N2O2. The maximum atomic E-state index is 11.8. The van der Waals surface area contributed by atoms with E-state index in [1.54, 1.807) is 48.7 Å².